The number of rotatable bonds is 8. The number of methoxy groups -OCH3 is 3. The molecule has 0 radical (unpaired) electrons. The van der Waals surface area contributed by atoms with E-state index in [2.05, 4.69) is 0 Å². The largest absolute Gasteiger partial charge is 0.497 e. The molecule has 0 amide bonds. The van der Waals surface area contributed by atoms with Gasteiger partial charge in [0.1, 0.15) is 18.0 Å². The Morgan fingerprint density at radius 3 is 2.30 bits per heavy atom. The van der Waals surface area contributed by atoms with Gasteiger partial charge in [0.25, 0.3) is 0 Å². The van der Waals surface area contributed by atoms with Gasteiger partial charge in [-0.25, -0.2) is 8.42 Å². The molecule has 30 heavy (non-hydrogen) atoms. The van der Waals surface area contributed by atoms with E-state index < -0.39 is 22.5 Å². The fourth-order valence-corrected chi connectivity index (χ4v) is 4.93. The number of nitrogens with zero attached hydrogens (tertiary/aromatic N) is 1. The molecule has 2 aromatic carbocycles. The highest BCUT2D eigenvalue weighted by Gasteiger charge is 2.31. The van der Waals surface area contributed by atoms with Crippen molar-refractivity contribution in [1.82, 2.24) is 4.31 Å². The zero-order valence-electron chi connectivity index (χ0n) is 17.3. The van der Waals surface area contributed by atoms with Crippen LogP contribution in [0.15, 0.2) is 47.4 Å². The Morgan fingerprint density at radius 1 is 1.00 bits per heavy atom. The van der Waals surface area contributed by atoms with Crippen LogP contribution in [0.25, 0.3) is 6.08 Å². The number of allylic oxidation sites excluding steroid dienone is 1. The molecule has 160 valence electrons. The predicted molar refractivity (Wildman–Crippen MR) is 114 cm³/mol. The fraction of sp³-hybridized carbons (Fsp3) is 0.318. The van der Waals surface area contributed by atoms with Gasteiger partial charge in [0.2, 0.25) is 10.0 Å². The molecular formula is C22H25NO6S. The summed E-state index contributed by atoms with van der Waals surface area (Å²) in [6, 6.07) is 12.8. The van der Waals surface area contributed by atoms with Crippen molar-refractivity contribution in [3.63, 3.8) is 0 Å². The molecule has 0 spiro atoms. The van der Waals surface area contributed by atoms with Crippen molar-refractivity contribution in [3.05, 3.63) is 64.1 Å². The van der Waals surface area contributed by atoms with Crippen LogP contribution in [0.4, 0.5) is 0 Å². The second-order valence-corrected chi connectivity index (χ2v) is 8.87. The zero-order chi connectivity index (χ0) is 21.7. The molecule has 8 heteroatoms. The first-order valence-electron chi connectivity index (χ1n) is 9.44. The minimum absolute atomic E-state index is 0.0238. The minimum Gasteiger partial charge on any atom is -0.497 e. The van der Waals surface area contributed by atoms with Crippen LogP contribution in [0, 0.1) is 0 Å². The van der Waals surface area contributed by atoms with E-state index in [1.165, 1.54) is 21.3 Å². The molecule has 0 unspecified atom stereocenters. The third-order valence-electron chi connectivity index (χ3n) is 4.99. The SMILES string of the molecule is COC(=O)CN(Cc1cc(OC)cc(OC)c1)S(=O)(=O)C1=Cc2ccccc2CC1. The van der Waals surface area contributed by atoms with Gasteiger partial charge in [0.05, 0.1) is 26.2 Å². The number of ether oxygens (including phenoxy) is 3. The molecule has 1 aliphatic carbocycles. The van der Waals surface area contributed by atoms with Gasteiger partial charge >= 0.3 is 5.97 Å². The lowest BCUT2D eigenvalue weighted by atomic mass is 9.98. The first-order chi connectivity index (χ1) is 14.4. The number of fused-ring (bicyclic) bond motifs is 1. The van der Waals surface area contributed by atoms with Gasteiger partial charge in [0.15, 0.2) is 0 Å². The van der Waals surface area contributed by atoms with Crippen molar-refractivity contribution < 1.29 is 27.4 Å². The number of hydrogen-bond acceptors (Lipinski definition) is 6. The maximum absolute atomic E-state index is 13.4. The number of hydrogen-bond donors (Lipinski definition) is 0. The van der Waals surface area contributed by atoms with Gasteiger partial charge < -0.3 is 14.2 Å². The third-order valence-corrected chi connectivity index (χ3v) is 6.91. The maximum Gasteiger partial charge on any atom is 0.321 e. The zero-order valence-corrected chi connectivity index (χ0v) is 18.1. The number of carbonyl (C=O) groups is 1. The van der Waals surface area contributed by atoms with Gasteiger partial charge in [-0.1, -0.05) is 24.3 Å². The first-order valence-corrected chi connectivity index (χ1v) is 10.9. The predicted octanol–water partition coefficient (Wildman–Crippen LogP) is 3.00. The number of benzene rings is 2. The lowest BCUT2D eigenvalue weighted by Crippen LogP contribution is -2.36. The molecule has 3 rings (SSSR count). The monoisotopic (exact) mass is 431 g/mol. The molecule has 0 saturated carbocycles. The van der Waals surface area contributed by atoms with Crippen molar-refractivity contribution >= 4 is 22.1 Å². The Hall–Kier alpha value is -2.84. The molecule has 0 atom stereocenters. The van der Waals surface area contributed by atoms with Gasteiger partial charge in [-0.05, 0) is 47.7 Å². The molecular weight excluding hydrogens is 406 g/mol. The number of carbonyl (C=O) groups excluding carboxylic acids is 1. The average Bonchev–Trinajstić information content (AvgIpc) is 2.77. The summed E-state index contributed by atoms with van der Waals surface area (Å²) in [6.07, 6.45) is 2.68. The normalized spacial score (nSPS) is 13.4. The van der Waals surface area contributed by atoms with Crippen molar-refractivity contribution in [2.45, 2.75) is 19.4 Å². The second-order valence-electron chi connectivity index (χ2n) is 6.88. The molecule has 7 nitrogen and oxygen atoms in total. The van der Waals surface area contributed by atoms with Crippen LogP contribution in [0.1, 0.15) is 23.1 Å². The Balaban J connectivity index is 1.97. The van der Waals surface area contributed by atoms with Crippen LogP contribution in [0.2, 0.25) is 0 Å². The average molecular weight is 432 g/mol. The Bertz CT molecular complexity index is 1040. The van der Waals surface area contributed by atoms with E-state index in [1.807, 2.05) is 24.3 Å². The molecule has 0 fully saturated rings. The van der Waals surface area contributed by atoms with E-state index in [0.717, 1.165) is 15.4 Å². The van der Waals surface area contributed by atoms with Gasteiger partial charge in [-0.15, -0.1) is 0 Å². The Kier molecular flexibility index (Phi) is 6.79. The van der Waals surface area contributed by atoms with Gasteiger partial charge in [0, 0.05) is 12.6 Å². The number of aryl methyl sites for hydroxylation is 1. The highest BCUT2D eigenvalue weighted by Crippen LogP contribution is 2.30. The Labute approximate surface area is 176 Å². The fourth-order valence-electron chi connectivity index (χ4n) is 3.37. The van der Waals surface area contributed by atoms with E-state index in [9.17, 15) is 13.2 Å². The van der Waals surface area contributed by atoms with Crippen LogP contribution in [0.3, 0.4) is 0 Å². The first kappa shape index (κ1) is 21.9. The summed E-state index contributed by atoms with van der Waals surface area (Å²) in [4.78, 5) is 12.3. The van der Waals surface area contributed by atoms with E-state index in [4.69, 9.17) is 14.2 Å². The topological polar surface area (TPSA) is 82.1 Å². The standard InChI is InChI=1S/C22H25NO6S/c1-27-19-10-16(11-20(13-19)28-2)14-23(15-22(24)29-3)30(25,26)21-9-8-17-6-4-5-7-18(17)12-21/h4-7,10-13H,8-9,14-15H2,1-3H3. The molecule has 0 saturated heterocycles. The van der Waals surface area contributed by atoms with Crippen molar-refractivity contribution in [2.24, 2.45) is 0 Å². The minimum atomic E-state index is -3.90. The van der Waals surface area contributed by atoms with E-state index in [1.54, 1.807) is 24.3 Å². The molecule has 0 N–H and O–H groups in total. The second kappa shape index (κ2) is 9.32. The molecule has 2 aromatic rings. The van der Waals surface area contributed by atoms with Crippen LogP contribution in [-0.4, -0.2) is 46.6 Å². The quantitative estimate of drug-likeness (QED) is 0.598. The van der Waals surface area contributed by atoms with E-state index in [-0.39, 0.29) is 11.4 Å². The molecule has 0 bridgehead atoms. The summed E-state index contributed by atoms with van der Waals surface area (Å²) in [5.74, 6) is 0.432. The summed E-state index contributed by atoms with van der Waals surface area (Å²) in [7, 11) is 0.376. The highest BCUT2D eigenvalue weighted by atomic mass is 32.2. The number of esters is 1. The summed E-state index contributed by atoms with van der Waals surface area (Å²) < 4.78 is 43.3. The molecule has 1 aliphatic rings. The summed E-state index contributed by atoms with van der Waals surface area (Å²) in [5, 5.41) is 0. The van der Waals surface area contributed by atoms with Crippen LogP contribution >= 0.6 is 0 Å². The smallest absolute Gasteiger partial charge is 0.321 e. The highest BCUT2D eigenvalue weighted by molar-refractivity contribution is 7.93. The van der Waals surface area contributed by atoms with Crippen molar-refractivity contribution in [1.29, 1.82) is 0 Å². The maximum atomic E-state index is 13.4. The van der Waals surface area contributed by atoms with E-state index >= 15 is 0 Å². The molecule has 0 heterocycles. The molecule has 0 aromatic heterocycles. The lowest BCUT2D eigenvalue weighted by Gasteiger charge is -2.25. The van der Waals surface area contributed by atoms with Gasteiger partial charge in [-0.3, -0.25) is 4.79 Å². The number of sulfonamides is 1. The third kappa shape index (κ3) is 4.83. The van der Waals surface area contributed by atoms with E-state index in [0.29, 0.717) is 29.9 Å². The lowest BCUT2D eigenvalue weighted by molar-refractivity contribution is -0.140. The summed E-state index contributed by atoms with van der Waals surface area (Å²) >= 11 is 0. The summed E-state index contributed by atoms with van der Waals surface area (Å²) in [6.45, 7) is -0.415. The van der Waals surface area contributed by atoms with Crippen LogP contribution < -0.4 is 9.47 Å². The van der Waals surface area contributed by atoms with Gasteiger partial charge in [-0.2, -0.15) is 4.31 Å². The van der Waals surface area contributed by atoms with Crippen LogP contribution in [-0.2, 0) is 32.5 Å². The molecule has 0 aliphatic heterocycles. The van der Waals surface area contributed by atoms with Crippen molar-refractivity contribution in [2.75, 3.05) is 27.9 Å². The van der Waals surface area contributed by atoms with Crippen molar-refractivity contribution in [3.8, 4) is 11.5 Å². The Morgan fingerprint density at radius 2 is 1.67 bits per heavy atom. The van der Waals surface area contributed by atoms with Crippen LogP contribution in [0.5, 0.6) is 11.5 Å². The summed E-state index contributed by atoms with van der Waals surface area (Å²) in [5.41, 5.74) is 2.62.